The predicted octanol–water partition coefficient (Wildman–Crippen LogP) is 3.80. The zero-order valence-corrected chi connectivity index (χ0v) is 19.8. The Bertz CT molecular complexity index is 1280. The average Bonchev–Trinajstić information content (AvgIpc) is 3.32. The Kier molecular flexibility index (Phi) is 7.69. The smallest absolute Gasteiger partial charge is 0.326 e. The molecular formula is C26H23N3O5S. The molecule has 1 aliphatic heterocycles. The zero-order chi connectivity index (χ0) is 24.6. The first kappa shape index (κ1) is 23.9. The molecule has 1 aromatic carbocycles. The molecule has 1 aliphatic rings. The predicted molar refractivity (Wildman–Crippen MR) is 133 cm³/mol. The number of hydrogen-bond acceptors (Lipinski definition) is 7. The van der Waals surface area contributed by atoms with Crippen LogP contribution in [0.25, 0.3) is 12.2 Å². The summed E-state index contributed by atoms with van der Waals surface area (Å²) in [7, 11) is 0. The maximum atomic E-state index is 13.1. The van der Waals surface area contributed by atoms with Crippen molar-refractivity contribution >= 4 is 47.0 Å². The Hall–Kier alpha value is -4.24. The highest BCUT2D eigenvalue weighted by Crippen LogP contribution is 2.36. The fourth-order valence-corrected chi connectivity index (χ4v) is 4.17. The molecule has 4 rings (SSSR count). The van der Waals surface area contributed by atoms with E-state index in [1.54, 1.807) is 55.7 Å². The summed E-state index contributed by atoms with van der Waals surface area (Å²) in [5.74, 6) is -0.581. The fraction of sp³-hybridized carbons (Fsp3) is 0.154. The lowest BCUT2D eigenvalue weighted by Gasteiger charge is -2.29. The van der Waals surface area contributed by atoms with Crippen molar-refractivity contribution in [3.8, 4) is 5.75 Å². The molecule has 0 spiro atoms. The average molecular weight is 490 g/mol. The van der Waals surface area contributed by atoms with Crippen LogP contribution in [0.5, 0.6) is 5.75 Å². The van der Waals surface area contributed by atoms with E-state index in [-0.39, 0.29) is 24.8 Å². The summed E-state index contributed by atoms with van der Waals surface area (Å²) < 4.78 is 10.9. The van der Waals surface area contributed by atoms with Crippen LogP contribution in [-0.4, -0.2) is 35.9 Å². The van der Waals surface area contributed by atoms with Crippen LogP contribution in [0.3, 0.4) is 0 Å². The second-order valence-corrected chi connectivity index (χ2v) is 8.57. The highest BCUT2D eigenvalue weighted by molar-refractivity contribution is 7.13. The molecular weight excluding hydrogens is 466 g/mol. The van der Waals surface area contributed by atoms with Crippen LogP contribution in [0.15, 0.2) is 72.8 Å². The molecule has 0 atom stereocenters. The van der Waals surface area contributed by atoms with Crippen molar-refractivity contribution in [2.24, 2.45) is 0 Å². The molecule has 9 heteroatoms. The number of ether oxygens (including phenoxy) is 2. The van der Waals surface area contributed by atoms with Gasteiger partial charge in [0.1, 0.15) is 6.54 Å². The number of carbonyl (C=O) groups excluding carboxylic acids is 3. The molecule has 178 valence electrons. The zero-order valence-electron chi connectivity index (χ0n) is 19.0. The molecule has 1 N–H and O–H groups in total. The second-order valence-electron chi connectivity index (χ2n) is 7.43. The van der Waals surface area contributed by atoms with Crippen LogP contribution in [-0.2, 0) is 25.7 Å². The van der Waals surface area contributed by atoms with Crippen molar-refractivity contribution in [1.82, 2.24) is 10.3 Å². The van der Waals surface area contributed by atoms with Gasteiger partial charge in [-0.2, -0.15) is 0 Å². The quantitative estimate of drug-likeness (QED) is 0.382. The maximum Gasteiger partial charge on any atom is 0.326 e. The Labute approximate surface area is 206 Å². The van der Waals surface area contributed by atoms with Gasteiger partial charge in [-0.3, -0.25) is 24.3 Å². The third kappa shape index (κ3) is 6.21. The van der Waals surface area contributed by atoms with Gasteiger partial charge in [-0.25, -0.2) is 0 Å². The number of carbonyl (C=O) groups is 3. The largest absolute Gasteiger partial charge is 0.465 e. The van der Waals surface area contributed by atoms with Crippen LogP contribution >= 0.6 is 11.3 Å². The van der Waals surface area contributed by atoms with Gasteiger partial charge in [0.2, 0.25) is 5.91 Å². The molecule has 2 amide bonds. The van der Waals surface area contributed by atoms with Gasteiger partial charge < -0.3 is 14.8 Å². The highest BCUT2D eigenvalue weighted by Gasteiger charge is 2.32. The number of amides is 2. The van der Waals surface area contributed by atoms with Gasteiger partial charge in [0.05, 0.1) is 12.3 Å². The fourth-order valence-electron chi connectivity index (χ4n) is 3.33. The monoisotopic (exact) mass is 489 g/mol. The van der Waals surface area contributed by atoms with Gasteiger partial charge in [0.15, 0.2) is 11.5 Å². The number of anilines is 1. The third-order valence-corrected chi connectivity index (χ3v) is 5.93. The summed E-state index contributed by atoms with van der Waals surface area (Å²) >= 11 is 1.39. The standard InChI is InChI=1S/C26H23N3O5S/c1-2-33-25(31)17-29-21-7-3-4-8-22(21)34-23(26(29)32)14-20-10-9-19(35-20)11-12-24(30)28-16-18-6-5-13-27-15-18/h3-15H,2,16-17H2,1H3,(H,28,30)/b12-11+,23-14-. The summed E-state index contributed by atoms with van der Waals surface area (Å²) in [6.45, 7) is 2.12. The van der Waals surface area contributed by atoms with E-state index in [0.29, 0.717) is 18.0 Å². The van der Waals surface area contributed by atoms with Gasteiger partial charge in [-0.15, -0.1) is 11.3 Å². The minimum Gasteiger partial charge on any atom is -0.465 e. The number of nitrogens with zero attached hydrogens (tertiary/aromatic N) is 2. The Balaban J connectivity index is 1.45. The van der Waals surface area contributed by atoms with Crippen LogP contribution in [0, 0.1) is 0 Å². The van der Waals surface area contributed by atoms with E-state index in [4.69, 9.17) is 9.47 Å². The molecule has 2 aromatic heterocycles. The van der Waals surface area contributed by atoms with Gasteiger partial charge >= 0.3 is 5.97 Å². The molecule has 0 saturated heterocycles. The SMILES string of the molecule is CCOC(=O)CN1C(=O)/C(=C/c2ccc(/C=C/C(=O)NCc3cccnc3)s2)Oc2ccccc21. The molecule has 0 fully saturated rings. The minimum atomic E-state index is -0.498. The van der Waals surface area contributed by atoms with Crippen molar-refractivity contribution < 1.29 is 23.9 Å². The van der Waals surface area contributed by atoms with E-state index >= 15 is 0 Å². The van der Waals surface area contributed by atoms with E-state index in [0.717, 1.165) is 15.3 Å². The number of esters is 1. The lowest BCUT2D eigenvalue weighted by molar-refractivity contribution is -0.142. The number of hydrogen-bond donors (Lipinski definition) is 1. The molecule has 35 heavy (non-hydrogen) atoms. The molecule has 0 bridgehead atoms. The summed E-state index contributed by atoms with van der Waals surface area (Å²) in [4.78, 5) is 44.2. The molecule has 0 saturated carbocycles. The molecule has 0 aliphatic carbocycles. The van der Waals surface area contributed by atoms with Crippen LogP contribution in [0.4, 0.5) is 5.69 Å². The summed E-state index contributed by atoms with van der Waals surface area (Å²) in [6, 6.07) is 14.4. The van der Waals surface area contributed by atoms with Gasteiger partial charge in [0.25, 0.3) is 5.91 Å². The van der Waals surface area contributed by atoms with Gasteiger partial charge in [-0.1, -0.05) is 18.2 Å². The van der Waals surface area contributed by atoms with Crippen molar-refractivity contribution in [1.29, 1.82) is 0 Å². The summed E-state index contributed by atoms with van der Waals surface area (Å²) in [5.41, 5.74) is 1.42. The second kappa shape index (κ2) is 11.3. The Morgan fingerprint density at radius 1 is 1.14 bits per heavy atom. The van der Waals surface area contributed by atoms with E-state index in [1.807, 2.05) is 24.3 Å². The normalized spacial score (nSPS) is 14.0. The molecule has 3 heterocycles. The molecule has 8 nitrogen and oxygen atoms in total. The van der Waals surface area contributed by atoms with Crippen molar-refractivity contribution in [3.05, 3.63) is 88.1 Å². The summed E-state index contributed by atoms with van der Waals surface area (Å²) in [6.07, 6.45) is 8.16. The van der Waals surface area contributed by atoms with E-state index in [1.165, 1.54) is 22.3 Å². The van der Waals surface area contributed by atoms with E-state index in [2.05, 4.69) is 10.3 Å². The first-order valence-electron chi connectivity index (χ1n) is 10.9. The number of fused-ring (bicyclic) bond motifs is 1. The number of para-hydroxylation sites is 2. The first-order chi connectivity index (χ1) is 17.0. The third-order valence-electron chi connectivity index (χ3n) is 4.93. The Morgan fingerprint density at radius 2 is 1.97 bits per heavy atom. The molecule has 0 radical (unpaired) electrons. The van der Waals surface area contributed by atoms with Gasteiger partial charge in [0, 0.05) is 40.8 Å². The molecule has 0 unspecified atom stereocenters. The lowest BCUT2D eigenvalue weighted by atomic mass is 10.2. The summed E-state index contributed by atoms with van der Waals surface area (Å²) in [5, 5.41) is 2.81. The number of aromatic nitrogens is 1. The number of benzene rings is 1. The number of thiophene rings is 1. The topological polar surface area (TPSA) is 97.8 Å². The first-order valence-corrected chi connectivity index (χ1v) is 11.8. The van der Waals surface area contributed by atoms with E-state index < -0.39 is 11.9 Å². The van der Waals surface area contributed by atoms with Gasteiger partial charge in [-0.05, 0) is 48.9 Å². The number of nitrogens with one attached hydrogen (secondary N) is 1. The number of pyridine rings is 1. The van der Waals surface area contributed by atoms with Crippen LogP contribution in [0.1, 0.15) is 22.2 Å². The van der Waals surface area contributed by atoms with Crippen molar-refractivity contribution in [2.75, 3.05) is 18.1 Å². The van der Waals surface area contributed by atoms with Crippen molar-refractivity contribution in [3.63, 3.8) is 0 Å². The Morgan fingerprint density at radius 3 is 2.77 bits per heavy atom. The van der Waals surface area contributed by atoms with Crippen molar-refractivity contribution in [2.45, 2.75) is 13.5 Å². The minimum absolute atomic E-state index is 0.0968. The highest BCUT2D eigenvalue weighted by atomic mass is 32.1. The molecule has 3 aromatic rings. The van der Waals surface area contributed by atoms with Crippen LogP contribution in [0.2, 0.25) is 0 Å². The van der Waals surface area contributed by atoms with Crippen LogP contribution < -0.4 is 15.0 Å². The van der Waals surface area contributed by atoms with E-state index in [9.17, 15) is 14.4 Å². The number of rotatable bonds is 8. The lowest BCUT2D eigenvalue weighted by Crippen LogP contribution is -2.41. The maximum absolute atomic E-state index is 13.1.